The van der Waals surface area contributed by atoms with Crippen LogP contribution in [0.5, 0.6) is 0 Å². The molecule has 140 valence electrons. The van der Waals surface area contributed by atoms with Crippen molar-refractivity contribution in [1.29, 1.82) is 0 Å². The molecular formula is C20H28N4OS. The second-order valence-electron chi connectivity index (χ2n) is 6.31. The van der Waals surface area contributed by atoms with E-state index in [1.54, 1.807) is 11.8 Å². The van der Waals surface area contributed by atoms with Gasteiger partial charge in [0, 0.05) is 29.9 Å². The Labute approximate surface area is 160 Å². The number of thioether (sulfide) groups is 1. The van der Waals surface area contributed by atoms with Crippen LogP contribution in [0.2, 0.25) is 0 Å². The number of allylic oxidation sites excluding steroid dienone is 1. The lowest BCUT2D eigenvalue weighted by Crippen LogP contribution is -2.33. The molecule has 0 radical (unpaired) electrons. The maximum absolute atomic E-state index is 8.90. The first-order valence-corrected chi connectivity index (χ1v) is 9.84. The molecule has 0 spiro atoms. The molecule has 2 N–H and O–H groups in total. The highest BCUT2D eigenvalue weighted by Gasteiger charge is 2.25. The minimum absolute atomic E-state index is 0.151. The molecule has 1 aliphatic heterocycles. The highest BCUT2D eigenvalue weighted by Crippen LogP contribution is 2.28. The van der Waals surface area contributed by atoms with Gasteiger partial charge in [0.05, 0.1) is 6.34 Å². The van der Waals surface area contributed by atoms with E-state index < -0.39 is 0 Å². The third-order valence-electron chi connectivity index (χ3n) is 3.86. The molecule has 1 aliphatic rings. The molecule has 1 aromatic rings. The Morgan fingerprint density at radius 1 is 1.35 bits per heavy atom. The van der Waals surface area contributed by atoms with Gasteiger partial charge in [-0.1, -0.05) is 36.9 Å². The predicted octanol–water partition coefficient (Wildman–Crippen LogP) is 3.75. The van der Waals surface area contributed by atoms with Crippen LogP contribution in [0.1, 0.15) is 32.8 Å². The summed E-state index contributed by atoms with van der Waals surface area (Å²) < 4.78 is 0. The van der Waals surface area contributed by atoms with Gasteiger partial charge in [-0.2, -0.15) is 0 Å². The normalized spacial score (nSPS) is 17.3. The van der Waals surface area contributed by atoms with Gasteiger partial charge >= 0.3 is 0 Å². The van der Waals surface area contributed by atoms with Crippen LogP contribution in [0.15, 0.2) is 63.3 Å². The molecule has 0 unspecified atom stereocenters. The maximum atomic E-state index is 8.90. The first-order chi connectivity index (χ1) is 12.5. The number of nitrogens with one attached hydrogen (secondary N) is 1. The van der Waals surface area contributed by atoms with Crippen molar-refractivity contribution in [3.05, 3.63) is 58.9 Å². The second-order valence-corrected chi connectivity index (χ2v) is 7.50. The van der Waals surface area contributed by atoms with E-state index in [-0.39, 0.29) is 12.6 Å². The minimum atomic E-state index is 0.151. The van der Waals surface area contributed by atoms with Crippen molar-refractivity contribution in [2.45, 2.75) is 39.0 Å². The van der Waals surface area contributed by atoms with Crippen LogP contribution < -0.4 is 5.32 Å². The van der Waals surface area contributed by atoms with Crippen molar-refractivity contribution in [3.8, 4) is 0 Å². The van der Waals surface area contributed by atoms with E-state index >= 15 is 0 Å². The van der Waals surface area contributed by atoms with Gasteiger partial charge < -0.3 is 15.3 Å². The lowest BCUT2D eigenvalue weighted by Gasteiger charge is -2.21. The molecule has 5 nitrogen and oxygen atoms in total. The van der Waals surface area contributed by atoms with Gasteiger partial charge in [-0.25, -0.2) is 9.98 Å². The van der Waals surface area contributed by atoms with Crippen molar-refractivity contribution in [2.24, 2.45) is 9.98 Å². The lowest BCUT2D eigenvalue weighted by molar-refractivity contribution is 0.288. The van der Waals surface area contributed by atoms with Gasteiger partial charge in [0.2, 0.25) is 0 Å². The molecule has 6 heteroatoms. The van der Waals surface area contributed by atoms with E-state index in [9.17, 15) is 0 Å². The van der Waals surface area contributed by atoms with E-state index in [0.29, 0.717) is 18.8 Å². The zero-order chi connectivity index (χ0) is 18.9. The first kappa shape index (κ1) is 20.3. The monoisotopic (exact) mass is 372 g/mol. The Hall–Kier alpha value is -2.05. The first-order valence-electron chi connectivity index (χ1n) is 8.85. The van der Waals surface area contributed by atoms with Crippen LogP contribution in [0.3, 0.4) is 0 Å². The molecule has 0 aliphatic carbocycles. The zero-order valence-electron chi connectivity index (χ0n) is 15.8. The number of hydrogen-bond acceptors (Lipinski definition) is 5. The number of aliphatic hydroxyl groups is 1. The molecule has 1 heterocycles. The Morgan fingerprint density at radius 3 is 2.73 bits per heavy atom. The smallest absolute Gasteiger partial charge is 0.163 e. The lowest BCUT2D eigenvalue weighted by atomic mass is 10.2. The number of rotatable bonds is 9. The minimum Gasteiger partial charge on any atom is -0.396 e. The number of aliphatic hydroxyl groups excluding tert-OH is 1. The van der Waals surface area contributed by atoms with Gasteiger partial charge in [0.25, 0.3) is 0 Å². The number of hydrogen-bond donors (Lipinski definition) is 2. The second kappa shape index (κ2) is 10.2. The fourth-order valence-electron chi connectivity index (χ4n) is 2.40. The van der Waals surface area contributed by atoms with Crippen molar-refractivity contribution in [3.63, 3.8) is 0 Å². The van der Waals surface area contributed by atoms with Gasteiger partial charge in [-0.05, 0) is 32.8 Å². The average molecular weight is 373 g/mol. The number of aliphatic imine (C=N–C) groups is 2. The summed E-state index contributed by atoms with van der Waals surface area (Å²) in [7, 11) is 0. The molecular weight excluding hydrogens is 344 g/mol. The Balaban J connectivity index is 2.15. The number of amidine groups is 1. The topological polar surface area (TPSA) is 60.2 Å². The third-order valence-corrected chi connectivity index (χ3v) is 4.96. The van der Waals surface area contributed by atoms with Crippen LogP contribution in [0, 0.1) is 0 Å². The van der Waals surface area contributed by atoms with Crippen LogP contribution in [0.4, 0.5) is 0 Å². The molecule has 0 bridgehead atoms. The van der Waals surface area contributed by atoms with Crippen molar-refractivity contribution in [2.75, 3.05) is 13.2 Å². The highest BCUT2D eigenvalue weighted by molar-refractivity contribution is 8.02. The Morgan fingerprint density at radius 2 is 2.08 bits per heavy atom. The van der Waals surface area contributed by atoms with E-state index in [0.717, 1.165) is 22.2 Å². The largest absolute Gasteiger partial charge is 0.396 e. The van der Waals surface area contributed by atoms with E-state index in [1.165, 1.54) is 5.56 Å². The summed E-state index contributed by atoms with van der Waals surface area (Å²) >= 11 is 1.77. The molecule has 0 fully saturated rings. The number of benzene rings is 1. The summed E-state index contributed by atoms with van der Waals surface area (Å²) in [6, 6.07) is 10.7. The summed E-state index contributed by atoms with van der Waals surface area (Å²) in [6.45, 7) is 11.1. The highest BCUT2D eigenvalue weighted by atomic mass is 32.2. The van der Waals surface area contributed by atoms with Crippen LogP contribution in [0.25, 0.3) is 0 Å². The molecule has 2 rings (SSSR count). The fraction of sp³-hybridized carbons (Fsp3) is 0.400. The van der Waals surface area contributed by atoms with Crippen LogP contribution in [-0.2, 0) is 5.75 Å². The van der Waals surface area contributed by atoms with Crippen LogP contribution >= 0.6 is 11.8 Å². The molecule has 0 saturated carbocycles. The van der Waals surface area contributed by atoms with Gasteiger partial charge in [0.15, 0.2) is 5.84 Å². The Bertz CT molecular complexity index is 695. The van der Waals surface area contributed by atoms with E-state index in [4.69, 9.17) is 5.11 Å². The van der Waals surface area contributed by atoms with E-state index in [1.807, 2.05) is 12.4 Å². The van der Waals surface area contributed by atoms with Crippen molar-refractivity contribution < 1.29 is 5.11 Å². The van der Waals surface area contributed by atoms with E-state index in [2.05, 4.69) is 71.8 Å². The van der Waals surface area contributed by atoms with Crippen molar-refractivity contribution in [1.82, 2.24) is 10.2 Å². The maximum Gasteiger partial charge on any atom is 0.163 e. The van der Waals surface area contributed by atoms with Gasteiger partial charge in [-0.3, -0.25) is 0 Å². The molecule has 0 amide bonds. The van der Waals surface area contributed by atoms with Gasteiger partial charge in [0.1, 0.15) is 11.5 Å². The molecule has 0 atom stereocenters. The summed E-state index contributed by atoms with van der Waals surface area (Å²) in [5.74, 6) is 2.30. The zero-order valence-corrected chi connectivity index (χ0v) is 16.6. The average Bonchev–Trinajstić information content (AvgIpc) is 3.04. The number of nitrogens with zero attached hydrogens (tertiary/aromatic N) is 3. The Kier molecular flexibility index (Phi) is 7.94. The third kappa shape index (κ3) is 5.75. The molecule has 0 aromatic heterocycles. The van der Waals surface area contributed by atoms with Crippen LogP contribution in [-0.4, -0.2) is 41.4 Å². The SMILES string of the molecule is C=C(N=C1/C(=C(\C)SCc2ccccc2)N=CN1C(C)C)NCCCO. The van der Waals surface area contributed by atoms with Gasteiger partial charge in [-0.15, -0.1) is 11.8 Å². The summed E-state index contributed by atoms with van der Waals surface area (Å²) in [4.78, 5) is 12.5. The predicted molar refractivity (Wildman–Crippen MR) is 112 cm³/mol. The summed E-state index contributed by atoms with van der Waals surface area (Å²) in [5.41, 5.74) is 2.18. The summed E-state index contributed by atoms with van der Waals surface area (Å²) in [5, 5.41) is 12.0. The molecule has 26 heavy (non-hydrogen) atoms. The molecule has 0 saturated heterocycles. The quantitative estimate of drug-likeness (QED) is 0.648. The van der Waals surface area contributed by atoms with Crippen molar-refractivity contribution >= 4 is 23.9 Å². The molecule has 1 aromatic carbocycles. The summed E-state index contributed by atoms with van der Waals surface area (Å²) in [6.07, 6.45) is 2.51. The fourth-order valence-corrected chi connectivity index (χ4v) is 3.26. The standard InChI is InChI=1S/C20H28N4OS/c1-15(2)24-14-22-19(20(24)23-17(4)21-11-8-12-25)16(3)26-13-18-9-6-5-7-10-18/h5-7,9-10,14-15,21,25H,4,8,11-13H2,1-3H3/b19-16-,23-20?.